The first kappa shape index (κ1) is 12.2. The molecule has 2 heteroatoms. The van der Waals surface area contributed by atoms with Crippen molar-refractivity contribution in [3.63, 3.8) is 0 Å². The molecule has 0 aliphatic rings. The van der Waals surface area contributed by atoms with Gasteiger partial charge in [-0.05, 0) is 29.5 Å². The minimum absolute atomic E-state index is 0.591. The molecule has 0 saturated carbocycles. The molecule has 0 aliphatic carbocycles. The SMILES string of the molecule is Cc1cc(CN)ccc1COCC(C)C. The molecule has 0 radical (unpaired) electrons. The third-order valence-corrected chi connectivity index (χ3v) is 2.35. The molecule has 0 aliphatic heterocycles. The fourth-order valence-corrected chi connectivity index (χ4v) is 1.45. The zero-order valence-electron chi connectivity index (χ0n) is 9.92. The first-order valence-corrected chi connectivity index (χ1v) is 5.49. The molecule has 2 N–H and O–H groups in total. The van der Waals surface area contributed by atoms with Gasteiger partial charge in [-0.2, -0.15) is 0 Å². The Morgan fingerprint density at radius 2 is 2.07 bits per heavy atom. The van der Waals surface area contributed by atoms with Crippen LogP contribution in [-0.2, 0) is 17.9 Å². The topological polar surface area (TPSA) is 35.2 Å². The van der Waals surface area contributed by atoms with Crippen molar-refractivity contribution >= 4 is 0 Å². The summed E-state index contributed by atoms with van der Waals surface area (Å²) in [6, 6.07) is 6.31. The summed E-state index contributed by atoms with van der Waals surface area (Å²) in [4.78, 5) is 0. The third kappa shape index (κ3) is 4.02. The molecule has 0 spiro atoms. The second-order valence-corrected chi connectivity index (χ2v) is 4.37. The van der Waals surface area contributed by atoms with Crippen LogP contribution in [0.1, 0.15) is 30.5 Å². The van der Waals surface area contributed by atoms with Gasteiger partial charge in [0.1, 0.15) is 0 Å². The largest absolute Gasteiger partial charge is 0.376 e. The molecule has 0 saturated heterocycles. The van der Waals surface area contributed by atoms with Gasteiger partial charge in [-0.1, -0.05) is 32.0 Å². The van der Waals surface area contributed by atoms with Gasteiger partial charge < -0.3 is 10.5 Å². The van der Waals surface area contributed by atoms with Crippen LogP contribution in [0.5, 0.6) is 0 Å². The zero-order chi connectivity index (χ0) is 11.3. The zero-order valence-corrected chi connectivity index (χ0v) is 9.92. The van der Waals surface area contributed by atoms with Crippen molar-refractivity contribution in [2.45, 2.75) is 33.9 Å². The van der Waals surface area contributed by atoms with E-state index >= 15 is 0 Å². The van der Waals surface area contributed by atoms with Crippen LogP contribution < -0.4 is 5.73 Å². The molecular formula is C13H21NO. The second-order valence-electron chi connectivity index (χ2n) is 4.37. The van der Waals surface area contributed by atoms with Gasteiger partial charge in [0.15, 0.2) is 0 Å². The van der Waals surface area contributed by atoms with E-state index in [0.717, 1.165) is 6.61 Å². The van der Waals surface area contributed by atoms with E-state index in [-0.39, 0.29) is 0 Å². The Hall–Kier alpha value is -0.860. The van der Waals surface area contributed by atoms with Crippen LogP contribution in [0.15, 0.2) is 18.2 Å². The van der Waals surface area contributed by atoms with E-state index in [1.807, 2.05) is 0 Å². The molecule has 0 atom stereocenters. The van der Waals surface area contributed by atoms with E-state index in [0.29, 0.717) is 19.1 Å². The predicted molar refractivity (Wildman–Crippen MR) is 63.6 cm³/mol. The van der Waals surface area contributed by atoms with E-state index in [9.17, 15) is 0 Å². The van der Waals surface area contributed by atoms with E-state index in [2.05, 4.69) is 39.0 Å². The average Bonchev–Trinajstić information content (AvgIpc) is 2.20. The van der Waals surface area contributed by atoms with Gasteiger partial charge in [-0.3, -0.25) is 0 Å². The molecular weight excluding hydrogens is 186 g/mol. The second kappa shape index (κ2) is 5.89. The monoisotopic (exact) mass is 207 g/mol. The highest BCUT2D eigenvalue weighted by Gasteiger charge is 2.00. The highest BCUT2D eigenvalue weighted by molar-refractivity contribution is 5.30. The van der Waals surface area contributed by atoms with Crippen LogP contribution in [0.2, 0.25) is 0 Å². The number of hydrogen-bond donors (Lipinski definition) is 1. The Labute approximate surface area is 92.4 Å². The number of hydrogen-bond acceptors (Lipinski definition) is 2. The van der Waals surface area contributed by atoms with Crippen molar-refractivity contribution in [2.75, 3.05) is 6.61 Å². The number of nitrogens with two attached hydrogens (primary N) is 1. The van der Waals surface area contributed by atoms with E-state index < -0.39 is 0 Å². The van der Waals surface area contributed by atoms with Gasteiger partial charge in [0.25, 0.3) is 0 Å². The van der Waals surface area contributed by atoms with Crippen LogP contribution in [0.3, 0.4) is 0 Å². The fourth-order valence-electron chi connectivity index (χ4n) is 1.45. The Bertz CT molecular complexity index is 307. The van der Waals surface area contributed by atoms with Gasteiger partial charge in [0.2, 0.25) is 0 Å². The van der Waals surface area contributed by atoms with Crippen LogP contribution in [0, 0.1) is 12.8 Å². The van der Waals surface area contributed by atoms with Gasteiger partial charge in [-0.15, -0.1) is 0 Å². The highest BCUT2D eigenvalue weighted by atomic mass is 16.5. The number of ether oxygens (including phenoxy) is 1. The van der Waals surface area contributed by atoms with Gasteiger partial charge in [-0.25, -0.2) is 0 Å². The summed E-state index contributed by atoms with van der Waals surface area (Å²) in [7, 11) is 0. The standard InChI is InChI=1S/C13H21NO/c1-10(2)8-15-9-13-5-4-12(7-14)6-11(13)3/h4-6,10H,7-9,14H2,1-3H3. The van der Waals surface area contributed by atoms with Gasteiger partial charge >= 0.3 is 0 Å². The molecule has 1 aromatic carbocycles. The lowest BCUT2D eigenvalue weighted by molar-refractivity contribution is 0.0967. The Kier molecular flexibility index (Phi) is 4.79. The molecule has 0 bridgehead atoms. The Morgan fingerprint density at radius 3 is 2.60 bits per heavy atom. The molecule has 0 unspecified atom stereocenters. The first-order chi connectivity index (χ1) is 7.13. The Morgan fingerprint density at radius 1 is 1.33 bits per heavy atom. The minimum atomic E-state index is 0.591. The lowest BCUT2D eigenvalue weighted by Gasteiger charge is -2.10. The Balaban J connectivity index is 2.54. The minimum Gasteiger partial charge on any atom is -0.376 e. The van der Waals surface area contributed by atoms with Crippen molar-refractivity contribution in [3.8, 4) is 0 Å². The maximum absolute atomic E-state index is 5.60. The molecule has 1 rings (SSSR count). The smallest absolute Gasteiger partial charge is 0.0719 e. The van der Waals surface area contributed by atoms with Gasteiger partial charge in [0.05, 0.1) is 6.61 Å². The molecule has 84 valence electrons. The molecule has 0 heterocycles. The molecule has 0 aromatic heterocycles. The predicted octanol–water partition coefficient (Wildman–Crippen LogP) is 2.63. The summed E-state index contributed by atoms with van der Waals surface area (Å²) in [6.45, 7) is 8.54. The first-order valence-electron chi connectivity index (χ1n) is 5.49. The summed E-state index contributed by atoms with van der Waals surface area (Å²) in [6.07, 6.45) is 0. The molecule has 2 nitrogen and oxygen atoms in total. The van der Waals surface area contributed by atoms with Crippen LogP contribution >= 0.6 is 0 Å². The van der Waals surface area contributed by atoms with Crippen molar-refractivity contribution in [1.29, 1.82) is 0 Å². The van der Waals surface area contributed by atoms with E-state index in [1.54, 1.807) is 0 Å². The molecule has 15 heavy (non-hydrogen) atoms. The molecule has 1 aromatic rings. The average molecular weight is 207 g/mol. The van der Waals surface area contributed by atoms with E-state index in [4.69, 9.17) is 10.5 Å². The van der Waals surface area contributed by atoms with Gasteiger partial charge in [0, 0.05) is 13.2 Å². The normalized spacial score (nSPS) is 11.0. The summed E-state index contributed by atoms with van der Waals surface area (Å²) >= 11 is 0. The molecule has 0 amide bonds. The third-order valence-electron chi connectivity index (χ3n) is 2.35. The molecule has 0 fully saturated rings. The fraction of sp³-hybridized carbons (Fsp3) is 0.538. The van der Waals surface area contributed by atoms with Crippen molar-refractivity contribution in [3.05, 3.63) is 34.9 Å². The summed E-state index contributed by atoms with van der Waals surface area (Å²) in [5.74, 6) is 0.591. The van der Waals surface area contributed by atoms with Crippen LogP contribution in [0.25, 0.3) is 0 Å². The van der Waals surface area contributed by atoms with Crippen LogP contribution in [0.4, 0.5) is 0 Å². The number of aryl methyl sites for hydroxylation is 1. The van der Waals surface area contributed by atoms with E-state index in [1.165, 1.54) is 16.7 Å². The van der Waals surface area contributed by atoms with Crippen LogP contribution in [-0.4, -0.2) is 6.61 Å². The quantitative estimate of drug-likeness (QED) is 0.805. The van der Waals surface area contributed by atoms with Crippen molar-refractivity contribution in [2.24, 2.45) is 11.7 Å². The maximum Gasteiger partial charge on any atom is 0.0719 e. The van der Waals surface area contributed by atoms with Crippen molar-refractivity contribution in [1.82, 2.24) is 0 Å². The number of rotatable bonds is 5. The summed E-state index contributed by atoms with van der Waals surface area (Å²) in [5.41, 5.74) is 9.28. The lowest BCUT2D eigenvalue weighted by Crippen LogP contribution is -2.04. The maximum atomic E-state index is 5.60. The number of benzene rings is 1. The summed E-state index contributed by atoms with van der Waals surface area (Å²) in [5, 5.41) is 0. The summed E-state index contributed by atoms with van der Waals surface area (Å²) < 4.78 is 5.60. The highest BCUT2D eigenvalue weighted by Crippen LogP contribution is 2.12. The lowest BCUT2D eigenvalue weighted by atomic mass is 10.1. The van der Waals surface area contributed by atoms with Crippen molar-refractivity contribution < 1.29 is 4.74 Å².